The van der Waals surface area contributed by atoms with Crippen molar-refractivity contribution < 1.29 is 8.42 Å². The molecular formula is C22H27N5O2S. The van der Waals surface area contributed by atoms with Crippen LogP contribution in [0.25, 0.3) is 11.0 Å². The topological polar surface area (TPSA) is 94.1 Å². The number of nitrogens with two attached hydrogens (primary N) is 1. The van der Waals surface area contributed by atoms with E-state index in [1.807, 2.05) is 6.92 Å². The van der Waals surface area contributed by atoms with Crippen LogP contribution in [-0.2, 0) is 10.0 Å². The molecule has 2 saturated carbocycles. The Hall–Kier alpha value is -2.45. The van der Waals surface area contributed by atoms with Crippen molar-refractivity contribution >= 4 is 26.9 Å². The fraction of sp³-hybridized carbons (Fsp3) is 0.455. The molecule has 8 heteroatoms. The van der Waals surface area contributed by atoms with E-state index < -0.39 is 10.0 Å². The van der Waals surface area contributed by atoms with Crippen molar-refractivity contribution in [3.63, 3.8) is 0 Å². The number of benzene rings is 1. The van der Waals surface area contributed by atoms with Gasteiger partial charge < -0.3 is 10.6 Å². The Morgan fingerprint density at radius 1 is 1.03 bits per heavy atom. The lowest BCUT2D eigenvalue weighted by atomic mass is 10.0. The maximum atomic E-state index is 13.2. The second kappa shape index (κ2) is 7.06. The summed E-state index contributed by atoms with van der Waals surface area (Å²) < 4.78 is 27.7. The standard InChI is InChI=1S/C22H27N5O2S/c1-14-3-5-19(6-4-14)30(28,29)27-8-7-20-21(24-13-25-22(20)27)26(2)18-11-15-9-17(23)10-16(15)12-18/h3-8,13,15-18H,9-12,23H2,1-2H3/t15-,16?,17+,18-/m1/s1. The molecule has 3 aromatic rings. The minimum absolute atomic E-state index is 0.249. The van der Waals surface area contributed by atoms with E-state index in [1.54, 1.807) is 36.5 Å². The Kier molecular flexibility index (Phi) is 4.59. The molecule has 0 spiro atoms. The van der Waals surface area contributed by atoms with Crippen molar-refractivity contribution in [2.45, 2.75) is 49.6 Å². The zero-order valence-electron chi connectivity index (χ0n) is 17.3. The summed E-state index contributed by atoms with van der Waals surface area (Å²) in [5.41, 5.74) is 7.56. The Labute approximate surface area is 177 Å². The van der Waals surface area contributed by atoms with Gasteiger partial charge in [-0.25, -0.2) is 22.4 Å². The molecule has 0 bridgehead atoms. The molecule has 2 aliphatic rings. The molecule has 2 fully saturated rings. The maximum Gasteiger partial charge on any atom is 0.269 e. The number of rotatable bonds is 4. The van der Waals surface area contributed by atoms with E-state index in [0.717, 1.165) is 42.5 Å². The van der Waals surface area contributed by atoms with Gasteiger partial charge in [0.2, 0.25) is 0 Å². The monoisotopic (exact) mass is 425 g/mol. The Morgan fingerprint density at radius 3 is 2.37 bits per heavy atom. The molecular weight excluding hydrogens is 398 g/mol. The molecule has 5 rings (SSSR count). The lowest BCUT2D eigenvalue weighted by Crippen LogP contribution is -2.31. The van der Waals surface area contributed by atoms with Gasteiger partial charge in [0.1, 0.15) is 12.1 Å². The van der Waals surface area contributed by atoms with Crippen LogP contribution < -0.4 is 10.6 Å². The molecule has 158 valence electrons. The Bertz CT molecular complexity index is 1170. The lowest BCUT2D eigenvalue weighted by Gasteiger charge is -2.27. The van der Waals surface area contributed by atoms with Crippen LogP contribution in [-0.4, -0.2) is 41.5 Å². The summed E-state index contributed by atoms with van der Waals surface area (Å²) in [7, 11) is -1.67. The number of anilines is 1. The Balaban J connectivity index is 1.49. The van der Waals surface area contributed by atoms with Gasteiger partial charge in [0.15, 0.2) is 5.65 Å². The van der Waals surface area contributed by atoms with Gasteiger partial charge in [-0.05, 0) is 62.6 Å². The van der Waals surface area contributed by atoms with Crippen LogP contribution in [0.1, 0.15) is 31.2 Å². The van der Waals surface area contributed by atoms with E-state index in [1.165, 1.54) is 10.3 Å². The van der Waals surface area contributed by atoms with Gasteiger partial charge >= 0.3 is 0 Å². The molecule has 0 aliphatic heterocycles. The van der Waals surface area contributed by atoms with Crippen LogP contribution in [0.3, 0.4) is 0 Å². The largest absolute Gasteiger partial charge is 0.356 e. The number of aryl methyl sites for hydroxylation is 1. The summed E-state index contributed by atoms with van der Waals surface area (Å²) >= 11 is 0. The van der Waals surface area contributed by atoms with Gasteiger partial charge in [0.05, 0.1) is 10.3 Å². The molecule has 0 radical (unpaired) electrons. The minimum atomic E-state index is -3.73. The third-order valence-electron chi connectivity index (χ3n) is 6.91. The SMILES string of the molecule is Cc1ccc(S(=O)(=O)n2ccc3c(N(C)[C@H]4CC5C[C@@H](N)C[C@@H]5C4)ncnc32)cc1. The molecule has 2 aliphatic carbocycles. The zero-order chi connectivity index (χ0) is 21.0. The highest BCUT2D eigenvalue weighted by Gasteiger charge is 2.42. The van der Waals surface area contributed by atoms with E-state index in [-0.39, 0.29) is 4.90 Å². The quantitative estimate of drug-likeness (QED) is 0.691. The van der Waals surface area contributed by atoms with Crippen LogP contribution in [0.4, 0.5) is 5.82 Å². The summed E-state index contributed by atoms with van der Waals surface area (Å²) in [4.78, 5) is 11.3. The first-order valence-corrected chi connectivity index (χ1v) is 11.9. The molecule has 4 atom stereocenters. The first kappa shape index (κ1) is 19.5. The van der Waals surface area contributed by atoms with E-state index >= 15 is 0 Å². The van der Waals surface area contributed by atoms with Crippen molar-refractivity contribution in [3.8, 4) is 0 Å². The summed E-state index contributed by atoms with van der Waals surface area (Å²) in [5.74, 6) is 2.17. The second-order valence-electron chi connectivity index (χ2n) is 8.85. The highest BCUT2D eigenvalue weighted by atomic mass is 32.2. The molecule has 0 amide bonds. The predicted molar refractivity (Wildman–Crippen MR) is 117 cm³/mol. The molecule has 30 heavy (non-hydrogen) atoms. The summed E-state index contributed by atoms with van der Waals surface area (Å²) in [6.07, 6.45) is 7.49. The molecule has 1 unspecified atom stereocenters. The van der Waals surface area contributed by atoms with E-state index in [2.05, 4.69) is 21.9 Å². The van der Waals surface area contributed by atoms with Crippen LogP contribution in [0.15, 0.2) is 47.8 Å². The zero-order valence-corrected chi connectivity index (χ0v) is 18.1. The number of nitrogens with zero attached hydrogens (tertiary/aromatic N) is 4. The van der Waals surface area contributed by atoms with E-state index in [9.17, 15) is 8.42 Å². The summed E-state index contributed by atoms with van der Waals surface area (Å²) in [6, 6.07) is 9.41. The van der Waals surface area contributed by atoms with Crippen molar-refractivity contribution in [2.75, 3.05) is 11.9 Å². The van der Waals surface area contributed by atoms with Crippen molar-refractivity contribution in [1.29, 1.82) is 0 Å². The van der Waals surface area contributed by atoms with Crippen LogP contribution in [0.5, 0.6) is 0 Å². The number of hydrogen-bond donors (Lipinski definition) is 1. The number of hydrogen-bond acceptors (Lipinski definition) is 6. The first-order chi connectivity index (χ1) is 14.3. The Morgan fingerprint density at radius 2 is 1.70 bits per heavy atom. The maximum absolute atomic E-state index is 13.2. The molecule has 7 nitrogen and oxygen atoms in total. The van der Waals surface area contributed by atoms with Gasteiger partial charge in [0, 0.05) is 25.3 Å². The van der Waals surface area contributed by atoms with Gasteiger partial charge in [-0.1, -0.05) is 17.7 Å². The van der Waals surface area contributed by atoms with E-state index in [0.29, 0.717) is 29.6 Å². The first-order valence-electron chi connectivity index (χ1n) is 10.5. The highest BCUT2D eigenvalue weighted by molar-refractivity contribution is 7.90. The van der Waals surface area contributed by atoms with Crippen molar-refractivity contribution in [2.24, 2.45) is 17.6 Å². The lowest BCUT2D eigenvalue weighted by molar-refractivity contribution is 0.457. The molecule has 2 aromatic heterocycles. The minimum Gasteiger partial charge on any atom is -0.356 e. The number of fused-ring (bicyclic) bond motifs is 2. The fourth-order valence-corrected chi connectivity index (χ4v) is 6.64. The van der Waals surface area contributed by atoms with E-state index in [4.69, 9.17) is 5.73 Å². The average Bonchev–Trinajstić information content (AvgIpc) is 3.40. The van der Waals surface area contributed by atoms with Gasteiger partial charge in [-0.3, -0.25) is 0 Å². The summed E-state index contributed by atoms with van der Waals surface area (Å²) in [5, 5.41) is 0.754. The van der Waals surface area contributed by atoms with Gasteiger partial charge in [-0.2, -0.15) is 0 Å². The van der Waals surface area contributed by atoms with Crippen molar-refractivity contribution in [1.82, 2.24) is 13.9 Å². The highest BCUT2D eigenvalue weighted by Crippen LogP contribution is 2.45. The molecule has 2 heterocycles. The van der Waals surface area contributed by atoms with Crippen LogP contribution in [0, 0.1) is 18.8 Å². The van der Waals surface area contributed by atoms with Crippen LogP contribution in [0.2, 0.25) is 0 Å². The normalized spacial score (nSPS) is 26.2. The molecule has 0 saturated heterocycles. The summed E-state index contributed by atoms with van der Waals surface area (Å²) in [6.45, 7) is 1.93. The third-order valence-corrected chi connectivity index (χ3v) is 8.59. The van der Waals surface area contributed by atoms with Crippen molar-refractivity contribution in [3.05, 3.63) is 48.4 Å². The van der Waals surface area contributed by atoms with Crippen LogP contribution >= 0.6 is 0 Å². The fourth-order valence-electron chi connectivity index (χ4n) is 5.33. The third kappa shape index (κ3) is 3.09. The predicted octanol–water partition coefficient (Wildman–Crippen LogP) is 2.93. The number of aromatic nitrogens is 3. The average molecular weight is 426 g/mol. The molecule has 1 aromatic carbocycles. The molecule has 2 N–H and O–H groups in total. The smallest absolute Gasteiger partial charge is 0.269 e. The van der Waals surface area contributed by atoms with Gasteiger partial charge in [-0.15, -0.1) is 0 Å². The second-order valence-corrected chi connectivity index (χ2v) is 10.7. The van der Waals surface area contributed by atoms with Gasteiger partial charge in [0.25, 0.3) is 10.0 Å².